The Balaban J connectivity index is 2.19. The third-order valence-electron chi connectivity index (χ3n) is 3.58. The maximum atomic E-state index is 11.3. The molecular weight excluding hydrogens is 230 g/mol. The maximum absolute atomic E-state index is 11.3. The Morgan fingerprint density at radius 1 is 1.33 bits per heavy atom. The van der Waals surface area contributed by atoms with Crippen molar-refractivity contribution in [1.82, 2.24) is 5.32 Å². The molecule has 4 nitrogen and oxygen atoms in total. The lowest BCUT2D eigenvalue weighted by Crippen LogP contribution is -2.44. The van der Waals surface area contributed by atoms with Gasteiger partial charge in [-0.25, -0.2) is 4.79 Å². The van der Waals surface area contributed by atoms with E-state index in [1.165, 1.54) is 7.11 Å². The minimum absolute atomic E-state index is 0.0530. The van der Waals surface area contributed by atoms with Gasteiger partial charge in [-0.3, -0.25) is 4.79 Å². The first-order chi connectivity index (χ1) is 8.55. The van der Waals surface area contributed by atoms with E-state index in [0.29, 0.717) is 18.5 Å². The Morgan fingerprint density at radius 3 is 2.50 bits per heavy atom. The molecule has 0 radical (unpaired) electrons. The SMILES string of the molecule is COC(=O)c1ccc([C@@]2(C)CCC(=O)NC2)cc1. The molecule has 1 amide bonds. The summed E-state index contributed by atoms with van der Waals surface area (Å²) in [4.78, 5) is 22.5. The topological polar surface area (TPSA) is 55.4 Å². The predicted molar refractivity (Wildman–Crippen MR) is 67.4 cm³/mol. The summed E-state index contributed by atoms with van der Waals surface area (Å²) in [6, 6.07) is 7.40. The van der Waals surface area contributed by atoms with Crippen molar-refractivity contribution in [2.45, 2.75) is 25.2 Å². The summed E-state index contributed by atoms with van der Waals surface area (Å²) >= 11 is 0. The highest BCUT2D eigenvalue weighted by Crippen LogP contribution is 2.31. The molecule has 1 aliphatic rings. The summed E-state index contributed by atoms with van der Waals surface area (Å²) in [7, 11) is 1.37. The second-order valence-corrected chi connectivity index (χ2v) is 4.91. The first-order valence-corrected chi connectivity index (χ1v) is 6.01. The largest absolute Gasteiger partial charge is 0.465 e. The highest BCUT2D eigenvalue weighted by Gasteiger charge is 2.31. The molecule has 2 rings (SSSR count). The zero-order valence-electron chi connectivity index (χ0n) is 10.7. The van der Waals surface area contributed by atoms with E-state index in [0.717, 1.165) is 12.0 Å². The van der Waals surface area contributed by atoms with E-state index in [1.807, 2.05) is 12.1 Å². The number of carbonyl (C=O) groups is 2. The van der Waals surface area contributed by atoms with Crippen LogP contribution in [0.25, 0.3) is 0 Å². The molecule has 0 spiro atoms. The molecule has 1 N–H and O–H groups in total. The molecule has 1 fully saturated rings. The zero-order chi connectivity index (χ0) is 13.2. The van der Waals surface area contributed by atoms with Crippen molar-refractivity contribution in [3.8, 4) is 0 Å². The molecule has 1 aliphatic heterocycles. The molecule has 1 heterocycles. The summed E-state index contributed by atoms with van der Waals surface area (Å²) < 4.78 is 4.66. The van der Waals surface area contributed by atoms with Gasteiger partial charge in [0.05, 0.1) is 12.7 Å². The second kappa shape index (κ2) is 4.80. The Morgan fingerprint density at radius 2 is 2.00 bits per heavy atom. The molecule has 1 aromatic carbocycles. The summed E-state index contributed by atoms with van der Waals surface area (Å²) in [6.45, 7) is 2.77. The van der Waals surface area contributed by atoms with Crippen LogP contribution < -0.4 is 5.32 Å². The summed E-state index contributed by atoms with van der Waals surface area (Å²) in [5.41, 5.74) is 1.63. The van der Waals surface area contributed by atoms with Crippen molar-refractivity contribution in [1.29, 1.82) is 0 Å². The Hall–Kier alpha value is -1.84. The van der Waals surface area contributed by atoms with Crippen LogP contribution in [0.3, 0.4) is 0 Å². The molecular formula is C14H17NO3. The molecule has 0 aliphatic carbocycles. The van der Waals surface area contributed by atoms with Crippen LogP contribution in [0, 0.1) is 0 Å². The fourth-order valence-electron chi connectivity index (χ4n) is 2.23. The highest BCUT2D eigenvalue weighted by atomic mass is 16.5. The molecule has 4 heteroatoms. The van der Waals surface area contributed by atoms with Gasteiger partial charge in [0.15, 0.2) is 0 Å². The Labute approximate surface area is 106 Å². The lowest BCUT2D eigenvalue weighted by molar-refractivity contribution is -0.123. The van der Waals surface area contributed by atoms with E-state index in [2.05, 4.69) is 17.0 Å². The number of methoxy groups -OCH3 is 1. The number of carbonyl (C=O) groups excluding carboxylic acids is 2. The van der Waals surface area contributed by atoms with E-state index < -0.39 is 0 Å². The van der Waals surface area contributed by atoms with Crippen LogP contribution in [0.1, 0.15) is 35.7 Å². The first-order valence-electron chi connectivity index (χ1n) is 6.01. The smallest absolute Gasteiger partial charge is 0.337 e. The van der Waals surface area contributed by atoms with Crippen LogP contribution in [0.2, 0.25) is 0 Å². The fraction of sp³-hybridized carbons (Fsp3) is 0.429. The lowest BCUT2D eigenvalue weighted by Gasteiger charge is -2.34. The molecule has 1 atom stereocenters. The van der Waals surface area contributed by atoms with E-state index in [1.54, 1.807) is 12.1 Å². The van der Waals surface area contributed by atoms with Gasteiger partial charge in [-0.1, -0.05) is 19.1 Å². The molecule has 0 unspecified atom stereocenters. The summed E-state index contributed by atoms with van der Waals surface area (Å²) in [5.74, 6) is -0.220. The van der Waals surface area contributed by atoms with Crippen molar-refractivity contribution in [2.24, 2.45) is 0 Å². The summed E-state index contributed by atoms with van der Waals surface area (Å²) in [5, 5.41) is 2.89. The first kappa shape index (κ1) is 12.6. The predicted octanol–water partition coefficient (Wildman–Crippen LogP) is 1.64. The number of amides is 1. The van der Waals surface area contributed by atoms with E-state index in [-0.39, 0.29) is 17.3 Å². The van der Waals surface area contributed by atoms with Crippen molar-refractivity contribution < 1.29 is 14.3 Å². The van der Waals surface area contributed by atoms with Gasteiger partial charge >= 0.3 is 5.97 Å². The van der Waals surface area contributed by atoms with Gasteiger partial charge in [0.1, 0.15) is 0 Å². The van der Waals surface area contributed by atoms with E-state index >= 15 is 0 Å². The molecule has 1 aromatic rings. The van der Waals surface area contributed by atoms with Gasteiger partial charge in [-0.15, -0.1) is 0 Å². The van der Waals surface area contributed by atoms with E-state index in [4.69, 9.17) is 0 Å². The normalized spacial score (nSPS) is 23.3. The fourth-order valence-corrected chi connectivity index (χ4v) is 2.23. The molecule has 0 aromatic heterocycles. The minimum atomic E-state index is -0.330. The molecule has 1 saturated heterocycles. The van der Waals surface area contributed by atoms with Crippen LogP contribution in [0.15, 0.2) is 24.3 Å². The number of ether oxygens (including phenoxy) is 1. The molecule has 96 valence electrons. The van der Waals surface area contributed by atoms with Crippen LogP contribution in [0.4, 0.5) is 0 Å². The van der Waals surface area contributed by atoms with Crippen LogP contribution in [-0.2, 0) is 14.9 Å². The Bertz CT molecular complexity index is 454. The van der Waals surface area contributed by atoms with Crippen molar-refractivity contribution in [2.75, 3.05) is 13.7 Å². The maximum Gasteiger partial charge on any atom is 0.337 e. The molecule has 0 saturated carbocycles. The van der Waals surface area contributed by atoms with Crippen molar-refractivity contribution in [3.63, 3.8) is 0 Å². The average Bonchev–Trinajstić information content (AvgIpc) is 2.41. The summed E-state index contributed by atoms with van der Waals surface area (Å²) in [6.07, 6.45) is 1.38. The van der Waals surface area contributed by atoms with Gasteiger partial charge in [0.2, 0.25) is 5.91 Å². The van der Waals surface area contributed by atoms with Crippen LogP contribution in [-0.4, -0.2) is 25.5 Å². The van der Waals surface area contributed by atoms with Gasteiger partial charge in [-0.2, -0.15) is 0 Å². The van der Waals surface area contributed by atoms with Crippen LogP contribution >= 0.6 is 0 Å². The standard InChI is InChI=1S/C14H17NO3/c1-14(8-7-12(16)15-9-14)11-5-3-10(4-6-11)13(17)18-2/h3-6H,7-9H2,1-2H3,(H,15,16)/t14-/m0/s1. The third kappa shape index (κ3) is 2.37. The number of hydrogen-bond acceptors (Lipinski definition) is 3. The highest BCUT2D eigenvalue weighted by molar-refractivity contribution is 5.89. The number of benzene rings is 1. The quantitative estimate of drug-likeness (QED) is 0.808. The molecule has 0 bridgehead atoms. The lowest BCUT2D eigenvalue weighted by atomic mass is 9.76. The number of nitrogens with one attached hydrogen (secondary N) is 1. The van der Waals surface area contributed by atoms with Gasteiger partial charge in [-0.05, 0) is 24.1 Å². The number of esters is 1. The number of piperidine rings is 1. The third-order valence-corrected chi connectivity index (χ3v) is 3.58. The van der Waals surface area contributed by atoms with Crippen molar-refractivity contribution in [3.05, 3.63) is 35.4 Å². The van der Waals surface area contributed by atoms with Crippen molar-refractivity contribution >= 4 is 11.9 Å². The molecule has 18 heavy (non-hydrogen) atoms. The van der Waals surface area contributed by atoms with Gasteiger partial charge < -0.3 is 10.1 Å². The number of rotatable bonds is 2. The van der Waals surface area contributed by atoms with Gasteiger partial charge in [0, 0.05) is 18.4 Å². The minimum Gasteiger partial charge on any atom is -0.465 e. The average molecular weight is 247 g/mol. The zero-order valence-corrected chi connectivity index (χ0v) is 10.7. The number of hydrogen-bond donors (Lipinski definition) is 1. The van der Waals surface area contributed by atoms with E-state index in [9.17, 15) is 9.59 Å². The second-order valence-electron chi connectivity index (χ2n) is 4.91. The van der Waals surface area contributed by atoms with Crippen LogP contribution in [0.5, 0.6) is 0 Å². The van der Waals surface area contributed by atoms with Gasteiger partial charge in [0.25, 0.3) is 0 Å². The Kier molecular flexibility index (Phi) is 3.36. The monoisotopic (exact) mass is 247 g/mol.